The van der Waals surface area contributed by atoms with E-state index in [4.69, 9.17) is 16.3 Å². The standard InChI is InChI=1S/C15H13ClN4O2/c1-8-5-13(14(22-2)7-10(8)16)17-15(21)9-3-4-11-12(6-9)19-20-18-11/h3-7H,1-2H3,(H,17,21)(H,18,19,20). The molecule has 0 spiro atoms. The fraction of sp³-hybridized carbons (Fsp3) is 0.133. The minimum absolute atomic E-state index is 0.259. The SMILES string of the molecule is COc1cc(Cl)c(C)cc1NC(=O)c1ccc2n[nH]nc2c1. The molecule has 0 saturated carbocycles. The second-order valence-corrected chi connectivity index (χ2v) is 5.19. The Labute approximate surface area is 131 Å². The highest BCUT2D eigenvalue weighted by Crippen LogP contribution is 2.31. The number of benzene rings is 2. The van der Waals surface area contributed by atoms with Gasteiger partial charge < -0.3 is 10.1 Å². The molecule has 0 saturated heterocycles. The van der Waals surface area contributed by atoms with Crippen LogP contribution in [-0.2, 0) is 0 Å². The van der Waals surface area contributed by atoms with Crippen molar-refractivity contribution in [2.75, 3.05) is 12.4 Å². The molecule has 0 aliphatic heterocycles. The third kappa shape index (κ3) is 2.60. The molecule has 0 aliphatic carbocycles. The van der Waals surface area contributed by atoms with E-state index < -0.39 is 0 Å². The number of carbonyl (C=O) groups is 1. The zero-order valence-corrected chi connectivity index (χ0v) is 12.7. The molecule has 2 aromatic carbocycles. The lowest BCUT2D eigenvalue weighted by Crippen LogP contribution is -2.12. The zero-order valence-electron chi connectivity index (χ0n) is 12.0. The Morgan fingerprint density at radius 2 is 2.00 bits per heavy atom. The highest BCUT2D eigenvalue weighted by Gasteiger charge is 2.13. The summed E-state index contributed by atoms with van der Waals surface area (Å²) in [4.78, 5) is 12.4. The van der Waals surface area contributed by atoms with Crippen LogP contribution in [0.25, 0.3) is 11.0 Å². The van der Waals surface area contributed by atoms with Crippen LogP contribution in [0.15, 0.2) is 30.3 Å². The number of aromatic amines is 1. The maximum absolute atomic E-state index is 12.4. The Bertz CT molecular complexity index is 860. The van der Waals surface area contributed by atoms with Gasteiger partial charge in [0, 0.05) is 16.7 Å². The third-order valence-electron chi connectivity index (χ3n) is 3.31. The van der Waals surface area contributed by atoms with Crippen molar-refractivity contribution in [3.8, 4) is 5.75 Å². The number of H-pyrrole nitrogens is 1. The van der Waals surface area contributed by atoms with E-state index >= 15 is 0 Å². The van der Waals surface area contributed by atoms with Crippen molar-refractivity contribution in [3.63, 3.8) is 0 Å². The number of hydrogen-bond donors (Lipinski definition) is 2. The highest BCUT2D eigenvalue weighted by molar-refractivity contribution is 6.31. The molecule has 0 unspecified atom stereocenters. The van der Waals surface area contributed by atoms with Crippen LogP contribution in [-0.4, -0.2) is 28.4 Å². The van der Waals surface area contributed by atoms with Crippen LogP contribution in [0.5, 0.6) is 5.75 Å². The Balaban J connectivity index is 1.92. The monoisotopic (exact) mass is 316 g/mol. The van der Waals surface area contributed by atoms with Crippen LogP contribution in [0.4, 0.5) is 5.69 Å². The highest BCUT2D eigenvalue weighted by atomic mass is 35.5. The van der Waals surface area contributed by atoms with Crippen molar-refractivity contribution in [2.24, 2.45) is 0 Å². The molecule has 6 nitrogen and oxygen atoms in total. The van der Waals surface area contributed by atoms with Crippen molar-refractivity contribution < 1.29 is 9.53 Å². The van der Waals surface area contributed by atoms with Crippen molar-refractivity contribution in [2.45, 2.75) is 6.92 Å². The minimum atomic E-state index is -0.259. The lowest BCUT2D eigenvalue weighted by Gasteiger charge is -2.12. The van der Waals surface area contributed by atoms with Crippen LogP contribution in [0, 0.1) is 6.92 Å². The van der Waals surface area contributed by atoms with E-state index in [0.717, 1.165) is 5.56 Å². The molecule has 22 heavy (non-hydrogen) atoms. The van der Waals surface area contributed by atoms with Crippen LogP contribution >= 0.6 is 11.6 Å². The number of aryl methyl sites for hydroxylation is 1. The number of nitrogens with one attached hydrogen (secondary N) is 2. The molecule has 1 amide bonds. The van der Waals surface area contributed by atoms with Gasteiger partial charge in [0.25, 0.3) is 5.91 Å². The summed E-state index contributed by atoms with van der Waals surface area (Å²) in [6.07, 6.45) is 0. The van der Waals surface area contributed by atoms with Gasteiger partial charge in [-0.25, -0.2) is 0 Å². The molecule has 0 radical (unpaired) electrons. The summed E-state index contributed by atoms with van der Waals surface area (Å²) in [5.74, 6) is 0.247. The van der Waals surface area contributed by atoms with E-state index in [9.17, 15) is 4.79 Å². The number of carbonyl (C=O) groups excluding carboxylic acids is 1. The molecule has 3 aromatic rings. The number of halogens is 1. The Morgan fingerprint density at radius 3 is 2.77 bits per heavy atom. The summed E-state index contributed by atoms with van der Waals surface area (Å²) in [7, 11) is 1.53. The Morgan fingerprint density at radius 1 is 1.23 bits per heavy atom. The van der Waals surface area contributed by atoms with Gasteiger partial charge in [0.05, 0.1) is 12.8 Å². The first-order valence-corrected chi connectivity index (χ1v) is 6.92. The largest absolute Gasteiger partial charge is 0.495 e. The molecule has 0 atom stereocenters. The molecular formula is C15H13ClN4O2. The number of ether oxygens (including phenoxy) is 1. The summed E-state index contributed by atoms with van der Waals surface area (Å²) in [6.45, 7) is 1.86. The van der Waals surface area contributed by atoms with Gasteiger partial charge in [-0.15, -0.1) is 0 Å². The molecule has 0 aliphatic rings. The van der Waals surface area contributed by atoms with Crippen LogP contribution in [0.3, 0.4) is 0 Å². The summed E-state index contributed by atoms with van der Waals surface area (Å²) < 4.78 is 5.25. The number of methoxy groups -OCH3 is 1. The zero-order chi connectivity index (χ0) is 15.7. The lowest BCUT2D eigenvalue weighted by molar-refractivity contribution is 0.102. The number of hydrogen-bond acceptors (Lipinski definition) is 4. The van der Waals surface area contributed by atoms with Gasteiger partial charge in [0.1, 0.15) is 16.8 Å². The average molecular weight is 317 g/mol. The van der Waals surface area contributed by atoms with Crippen LogP contribution in [0.1, 0.15) is 15.9 Å². The molecule has 1 heterocycles. The summed E-state index contributed by atoms with van der Waals surface area (Å²) >= 11 is 6.06. The van der Waals surface area contributed by atoms with Crippen molar-refractivity contribution in [1.82, 2.24) is 15.4 Å². The van der Waals surface area contributed by atoms with Crippen molar-refractivity contribution in [1.29, 1.82) is 0 Å². The number of anilines is 1. The lowest BCUT2D eigenvalue weighted by atomic mass is 10.1. The van der Waals surface area contributed by atoms with Gasteiger partial charge in [-0.3, -0.25) is 4.79 Å². The molecule has 112 valence electrons. The van der Waals surface area contributed by atoms with Crippen LogP contribution < -0.4 is 10.1 Å². The Hall–Kier alpha value is -2.60. The van der Waals surface area contributed by atoms with E-state index in [1.165, 1.54) is 7.11 Å². The smallest absolute Gasteiger partial charge is 0.255 e. The topological polar surface area (TPSA) is 79.9 Å². The average Bonchev–Trinajstić information content (AvgIpc) is 2.98. The molecule has 0 fully saturated rings. The summed E-state index contributed by atoms with van der Waals surface area (Å²) in [5, 5.41) is 13.8. The molecule has 2 N–H and O–H groups in total. The molecule has 0 bridgehead atoms. The van der Waals surface area contributed by atoms with Crippen LogP contribution in [0.2, 0.25) is 5.02 Å². The minimum Gasteiger partial charge on any atom is -0.495 e. The Kier molecular flexibility index (Phi) is 3.68. The van der Waals surface area contributed by atoms with Gasteiger partial charge in [-0.1, -0.05) is 11.6 Å². The molecule has 3 rings (SSSR count). The normalized spacial score (nSPS) is 10.7. The van der Waals surface area contributed by atoms with Gasteiger partial charge in [-0.2, -0.15) is 15.4 Å². The predicted molar refractivity (Wildman–Crippen MR) is 84.6 cm³/mol. The molecule has 1 aromatic heterocycles. The van der Waals surface area contributed by atoms with Gasteiger partial charge in [-0.05, 0) is 36.8 Å². The number of rotatable bonds is 3. The number of nitrogens with zero attached hydrogens (tertiary/aromatic N) is 2. The van der Waals surface area contributed by atoms with E-state index in [1.807, 2.05) is 6.92 Å². The quantitative estimate of drug-likeness (QED) is 0.777. The molecule has 7 heteroatoms. The maximum Gasteiger partial charge on any atom is 0.255 e. The third-order valence-corrected chi connectivity index (χ3v) is 3.71. The second kappa shape index (κ2) is 5.65. The van der Waals surface area contributed by atoms with Crippen molar-refractivity contribution in [3.05, 3.63) is 46.5 Å². The first kappa shape index (κ1) is 14.3. The number of aromatic nitrogens is 3. The van der Waals surface area contributed by atoms with Crippen molar-refractivity contribution >= 4 is 34.2 Å². The van der Waals surface area contributed by atoms with E-state index in [0.29, 0.717) is 33.1 Å². The van der Waals surface area contributed by atoms with Gasteiger partial charge in [0.15, 0.2) is 0 Å². The first-order valence-electron chi connectivity index (χ1n) is 6.54. The first-order chi connectivity index (χ1) is 10.6. The van der Waals surface area contributed by atoms with Gasteiger partial charge in [0.2, 0.25) is 0 Å². The van der Waals surface area contributed by atoms with Gasteiger partial charge >= 0.3 is 0 Å². The van der Waals surface area contributed by atoms with E-state index in [-0.39, 0.29) is 5.91 Å². The second-order valence-electron chi connectivity index (χ2n) is 4.78. The fourth-order valence-electron chi connectivity index (χ4n) is 2.11. The predicted octanol–water partition coefficient (Wildman–Crippen LogP) is 3.18. The number of amides is 1. The molecular weight excluding hydrogens is 304 g/mol. The maximum atomic E-state index is 12.4. The number of fused-ring (bicyclic) bond motifs is 1. The fourth-order valence-corrected chi connectivity index (χ4v) is 2.26. The summed E-state index contributed by atoms with van der Waals surface area (Å²) in [6, 6.07) is 8.54. The summed E-state index contributed by atoms with van der Waals surface area (Å²) in [5.41, 5.74) is 3.23. The van der Waals surface area contributed by atoms with E-state index in [2.05, 4.69) is 20.7 Å². The van der Waals surface area contributed by atoms with E-state index in [1.54, 1.807) is 30.3 Å².